The molecule has 0 aromatic carbocycles. The van der Waals surface area contributed by atoms with Crippen LogP contribution < -0.4 is 10.6 Å². The molecule has 0 saturated heterocycles. The number of anilines is 1. The topological polar surface area (TPSA) is 112 Å². The van der Waals surface area contributed by atoms with Crippen molar-refractivity contribution in [2.75, 3.05) is 11.9 Å². The molecule has 3 heterocycles. The largest absolute Gasteiger partial charge is 0.350 e. The Hall–Kier alpha value is -2.95. The third kappa shape index (κ3) is 4.61. The van der Waals surface area contributed by atoms with Gasteiger partial charge in [-0.15, -0.1) is 0 Å². The van der Waals surface area contributed by atoms with Gasteiger partial charge in [0.25, 0.3) is 11.8 Å². The van der Waals surface area contributed by atoms with Crippen LogP contribution in [0.15, 0.2) is 22.9 Å². The lowest BCUT2D eigenvalue weighted by molar-refractivity contribution is 0.0940. The van der Waals surface area contributed by atoms with Crippen molar-refractivity contribution in [2.24, 2.45) is 13.0 Å². The fourth-order valence-corrected chi connectivity index (χ4v) is 3.16. The van der Waals surface area contributed by atoms with E-state index in [4.69, 9.17) is 0 Å². The van der Waals surface area contributed by atoms with E-state index in [2.05, 4.69) is 41.9 Å². The van der Waals surface area contributed by atoms with Crippen LogP contribution in [0.3, 0.4) is 0 Å². The van der Waals surface area contributed by atoms with E-state index in [1.807, 2.05) is 27.7 Å². The van der Waals surface area contributed by atoms with Gasteiger partial charge in [0.1, 0.15) is 12.4 Å². The van der Waals surface area contributed by atoms with Gasteiger partial charge in [0.2, 0.25) is 0 Å². The van der Waals surface area contributed by atoms with E-state index in [0.717, 1.165) is 15.9 Å². The Kier molecular flexibility index (Phi) is 6.40. The Labute approximate surface area is 182 Å². The first-order valence-corrected chi connectivity index (χ1v) is 10.3. The summed E-state index contributed by atoms with van der Waals surface area (Å²) < 4.78 is 5.81. The van der Waals surface area contributed by atoms with Gasteiger partial charge in [-0.2, -0.15) is 15.3 Å². The van der Waals surface area contributed by atoms with E-state index in [-0.39, 0.29) is 17.3 Å². The molecule has 3 aromatic rings. The molecule has 2 amide bonds. The summed E-state index contributed by atoms with van der Waals surface area (Å²) in [6.07, 6.45) is 3.16. The smallest absolute Gasteiger partial charge is 0.276 e. The summed E-state index contributed by atoms with van der Waals surface area (Å²) in [6.45, 7) is 8.79. The van der Waals surface area contributed by atoms with Crippen LogP contribution >= 0.6 is 15.9 Å². The molecule has 3 rings (SSSR count). The average molecular weight is 477 g/mol. The molecule has 160 valence electrons. The molecule has 0 spiro atoms. The number of rotatable bonds is 7. The van der Waals surface area contributed by atoms with Crippen LogP contribution in [-0.4, -0.2) is 47.7 Å². The number of carbonyl (C=O) groups excluding carboxylic acids is 2. The summed E-state index contributed by atoms with van der Waals surface area (Å²) in [5, 5.41) is 18.4. The quantitative estimate of drug-likeness (QED) is 0.543. The summed E-state index contributed by atoms with van der Waals surface area (Å²) in [7, 11) is 1.65. The lowest BCUT2D eigenvalue weighted by Gasteiger charge is -2.10. The van der Waals surface area contributed by atoms with Gasteiger partial charge in [-0.25, -0.2) is 4.68 Å². The van der Waals surface area contributed by atoms with Crippen LogP contribution in [0.4, 0.5) is 5.69 Å². The molecule has 2 N–H and O–H groups in total. The van der Waals surface area contributed by atoms with Crippen LogP contribution in [0.25, 0.3) is 0 Å². The molecular weight excluding hydrogens is 452 g/mol. The van der Waals surface area contributed by atoms with Crippen LogP contribution in [0.2, 0.25) is 0 Å². The molecule has 0 radical (unpaired) electrons. The maximum absolute atomic E-state index is 12.7. The molecule has 0 saturated carbocycles. The number of nitrogens with one attached hydrogen (secondary N) is 2. The second kappa shape index (κ2) is 8.82. The van der Waals surface area contributed by atoms with Crippen LogP contribution in [0.1, 0.15) is 46.2 Å². The summed E-state index contributed by atoms with van der Waals surface area (Å²) in [4.78, 5) is 25.2. The second-order valence-corrected chi connectivity index (χ2v) is 8.25. The Morgan fingerprint density at radius 1 is 1.20 bits per heavy atom. The zero-order valence-corrected chi connectivity index (χ0v) is 19.2. The first-order chi connectivity index (χ1) is 14.2. The van der Waals surface area contributed by atoms with Crippen molar-refractivity contribution in [1.29, 1.82) is 0 Å². The highest BCUT2D eigenvalue weighted by Crippen LogP contribution is 2.20. The Bertz CT molecular complexity index is 1080. The zero-order valence-electron chi connectivity index (χ0n) is 17.6. The predicted octanol–water partition coefficient (Wildman–Crippen LogP) is 2.34. The van der Waals surface area contributed by atoms with Gasteiger partial charge in [0.05, 0.1) is 27.7 Å². The molecule has 0 bridgehead atoms. The van der Waals surface area contributed by atoms with Gasteiger partial charge in [-0.3, -0.25) is 19.0 Å². The fourth-order valence-electron chi connectivity index (χ4n) is 2.88. The number of aromatic nitrogens is 6. The number of halogens is 1. The Balaban J connectivity index is 1.72. The number of hydrogen-bond acceptors (Lipinski definition) is 5. The lowest BCUT2D eigenvalue weighted by Crippen LogP contribution is -2.30. The summed E-state index contributed by atoms with van der Waals surface area (Å²) in [5.41, 5.74) is 2.71. The molecule has 0 aliphatic heterocycles. The van der Waals surface area contributed by atoms with Crippen molar-refractivity contribution in [2.45, 2.75) is 34.4 Å². The molecule has 0 fully saturated rings. The van der Waals surface area contributed by atoms with E-state index >= 15 is 0 Å². The maximum Gasteiger partial charge on any atom is 0.276 e. The molecule has 3 aromatic heterocycles. The number of hydrogen-bond donors (Lipinski definition) is 2. The van der Waals surface area contributed by atoms with Crippen molar-refractivity contribution >= 4 is 33.4 Å². The maximum atomic E-state index is 12.7. The molecular formula is C19H25BrN8O2. The van der Waals surface area contributed by atoms with Crippen molar-refractivity contribution < 1.29 is 9.59 Å². The molecule has 0 atom stereocenters. The molecule has 0 unspecified atom stereocenters. The standard InChI is InChI=1S/C19H25BrN8O2/c1-11(2)8-21-19(30)17-15(9-22-26(17)5)23-18(29)14-6-7-27(25-14)10-28-13(4)16(20)12(3)24-28/h6-7,9,11H,8,10H2,1-5H3,(H,21,30)(H,23,29). The predicted molar refractivity (Wildman–Crippen MR) is 115 cm³/mol. The zero-order chi connectivity index (χ0) is 22.0. The van der Waals surface area contributed by atoms with Gasteiger partial charge >= 0.3 is 0 Å². The van der Waals surface area contributed by atoms with Crippen molar-refractivity contribution in [3.63, 3.8) is 0 Å². The van der Waals surface area contributed by atoms with Crippen molar-refractivity contribution in [1.82, 2.24) is 34.7 Å². The molecule has 10 nitrogen and oxygen atoms in total. The minimum atomic E-state index is -0.422. The third-order valence-electron chi connectivity index (χ3n) is 4.52. The molecule has 0 aliphatic carbocycles. The SMILES string of the molecule is Cc1nn(Cn2ccc(C(=O)Nc3cnn(C)c3C(=O)NCC(C)C)n2)c(C)c1Br. The first-order valence-electron chi connectivity index (χ1n) is 9.51. The van der Waals surface area contributed by atoms with Gasteiger partial charge in [0.15, 0.2) is 5.69 Å². The highest BCUT2D eigenvalue weighted by molar-refractivity contribution is 9.10. The minimum absolute atomic E-state index is 0.230. The van der Waals surface area contributed by atoms with Gasteiger partial charge in [0, 0.05) is 19.8 Å². The monoisotopic (exact) mass is 476 g/mol. The number of carbonyl (C=O) groups is 2. The van der Waals surface area contributed by atoms with Gasteiger partial charge in [-0.05, 0) is 41.8 Å². The van der Waals surface area contributed by atoms with E-state index < -0.39 is 5.91 Å². The summed E-state index contributed by atoms with van der Waals surface area (Å²) in [5.74, 6) is -0.402. The number of nitrogens with zero attached hydrogens (tertiary/aromatic N) is 6. The molecule has 11 heteroatoms. The van der Waals surface area contributed by atoms with Crippen LogP contribution in [0.5, 0.6) is 0 Å². The number of aryl methyl sites for hydroxylation is 2. The minimum Gasteiger partial charge on any atom is -0.350 e. The van der Waals surface area contributed by atoms with E-state index in [0.29, 0.717) is 24.8 Å². The van der Waals surface area contributed by atoms with Crippen molar-refractivity contribution in [3.8, 4) is 0 Å². The lowest BCUT2D eigenvalue weighted by atomic mass is 10.2. The number of amides is 2. The van der Waals surface area contributed by atoms with E-state index in [1.165, 1.54) is 10.9 Å². The van der Waals surface area contributed by atoms with Crippen LogP contribution in [0, 0.1) is 19.8 Å². The Morgan fingerprint density at radius 3 is 2.57 bits per heavy atom. The van der Waals surface area contributed by atoms with E-state index in [9.17, 15) is 9.59 Å². The van der Waals surface area contributed by atoms with Gasteiger partial charge < -0.3 is 10.6 Å². The fraction of sp³-hybridized carbons (Fsp3) is 0.421. The summed E-state index contributed by atoms with van der Waals surface area (Å²) >= 11 is 3.50. The molecule has 30 heavy (non-hydrogen) atoms. The van der Waals surface area contributed by atoms with Gasteiger partial charge in [-0.1, -0.05) is 13.8 Å². The highest BCUT2D eigenvalue weighted by atomic mass is 79.9. The van der Waals surface area contributed by atoms with Crippen LogP contribution in [-0.2, 0) is 13.7 Å². The first kappa shape index (κ1) is 21.8. The third-order valence-corrected chi connectivity index (χ3v) is 5.67. The van der Waals surface area contributed by atoms with Crippen molar-refractivity contribution in [3.05, 3.63) is 45.7 Å². The Morgan fingerprint density at radius 2 is 1.93 bits per heavy atom. The summed E-state index contributed by atoms with van der Waals surface area (Å²) in [6, 6.07) is 1.62. The van der Waals surface area contributed by atoms with E-state index in [1.54, 1.807) is 28.7 Å². The highest BCUT2D eigenvalue weighted by Gasteiger charge is 2.20. The molecule has 0 aliphatic rings. The average Bonchev–Trinajstić information content (AvgIpc) is 3.36. The normalized spacial score (nSPS) is 11.2. The second-order valence-electron chi connectivity index (χ2n) is 7.45.